The first kappa shape index (κ1) is 22.1. The molecule has 33 heavy (non-hydrogen) atoms. The van der Waals surface area contributed by atoms with Gasteiger partial charge in [-0.05, 0) is 66.2 Å². The molecule has 166 valence electrons. The fraction of sp³-hybridized carbons (Fsp3) is 0.125. The molecule has 1 heterocycles. The van der Waals surface area contributed by atoms with Crippen LogP contribution in [0.2, 0.25) is 0 Å². The maximum absolute atomic E-state index is 12.4. The minimum atomic E-state index is -0.527. The average Bonchev–Trinajstić information content (AvgIpc) is 3.22. The molecule has 3 aromatic carbocycles. The highest BCUT2D eigenvalue weighted by atomic mass is 32.1. The Kier molecular flexibility index (Phi) is 6.14. The van der Waals surface area contributed by atoms with Gasteiger partial charge in [-0.25, -0.2) is 4.98 Å². The van der Waals surface area contributed by atoms with E-state index in [4.69, 9.17) is 16.6 Å². The quantitative estimate of drug-likeness (QED) is 0.225. The molecule has 0 aliphatic heterocycles. The van der Waals surface area contributed by atoms with Gasteiger partial charge in [0, 0.05) is 28.9 Å². The Bertz CT molecular complexity index is 1360. The number of rotatable bonds is 5. The number of fused-ring (bicyclic) bond motifs is 1. The number of benzene rings is 3. The van der Waals surface area contributed by atoms with Crippen LogP contribution in [0.1, 0.15) is 35.7 Å². The predicted octanol–water partition coefficient (Wildman–Crippen LogP) is 5.65. The zero-order chi connectivity index (χ0) is 23.5. The van der Waals surface area contributed by atoms with Crippen molar-refractivity contribution >= 4 is 45.7 Å². The predicted molar refractivity (Wildman–Crippen MR) is 130 cm³/mol. The van der Waals surface area contributed by atoms with Crippen LogP contribution in [0.4, 0.5) is 11.4 Å². The van der Waals surface area contributed by atoms with Crippen molar-refractivity contribution in [2.45, 2.75) is 19.8 Å². The zero-order valence-electron chi connectivity index (χ0n) is 17.9. The lowest BCUT2D eigenvalue weighted by atomic mass is 10.0. The first-order valence-corrected chi connectivity index (χ1v) is 10.6. The van der Waals surface area contributed by atoms with E-state index in [9.17, 15) is 14.9 Å². The molecule has 0 fully saturated rings. The Labute approximate surface area is 194 Å². The van der Waals surface area contributed by atoms with Crippen molar-refractivity contribution < 1.29 is 14.1 Å². The molecule has 4 aromatic rings. The van der Waals surface area contributed by atoms with Crippen molar-refractivity contribution in [2.75, 3.05) is 5.32 Å². The molecule has 0 unspecified atom stereocenters. The highest BCUT2D eigenvalue weighted by molar-refractivity contribution is 7.80. The van der Waals surface area contributed by atoms with E-state index in [-0.39, 0.29) is 16.4 Å². The summed E-state index contributed by atoms with van der Waals surface area (Å²) in [4.78, 5) is 27.2. The molecule has 0 saturated heterocycles. The number of nitro benzene ring substituents is 1. The van der Waals surface area contributed by atoms with E-state index in [0.29, 0.717) is 23.1 Å². The van der Waals surface area contributed by atoms with Crippen LogP contribution in [-0.4, -0.2) is 20.9 Å². The Morgan fingerprint density at radius 1 is 1.09 bits per heavy atom. The molecule has 0 bridgehead atoms. The fourth-order valence-electron chi connectivity index (χ4n) is 3.23. The number of nitro groups is 1. The molecule has 0 radical (unpaired) electrons. The summed E-state index contributed by atoms with van der Waals surface area (Å²) in [6.07, 6.45) is 0. The highest BCUT2D eigenvalue weighted by Gasteiger charge is 2.13. The number of hydrogen-bond acceptors (Lipinski definition) is 6. The van der Waals surface area contributed by atoms with Gasteiger partial charge in [0.2, 0.25) is 5.89 Å². The van der Waals surface area contributed by atoms with Crippen molar-refractivity contribution in [3.63, 3.8) is 0 Å². The lowest BCUT2D eigenvalue weighted by Crippen LogP contribution is -2.34. The molecule has 0 saturated carbocycles. The highest BCUT2D eigenvalue weighted by Crippen LogP contribution is 2.28. The Morgan fingerprint density at radius 3 is 2.55 bits per heavy atom. The number of non-ortho nitro benzene ring substituents is 1. The molecular weight excluding hydrogens is 440 g/mol. The number of thiocarbonyl (C=S) groups is 1. The van der Waals surface area contributed by atoms with E-state index in [0.717, 1.165) is 11.1 Å². The summed E-state index contributed by atoms with van der Waals surface area (Å²) in [5, 5.41) is 16.4. The molecule has 4 rings (SSSR count). The summed E-state index contributed by atoms with van der Waals surface area (Å²) in [5.74, 6) is 0.401. The van der Waals surface area contributed by atoms with Crippen molar-refractivity contribution in [2.24, 2.45) is 0 Å². The maximum Gasteiger partial charge on any atom is 0.269 e. The number of anilines is 1. The monoisotopic (exact) mass is 460 g/mol. The average molecular weight is 461 g/mol. The molecule has 2 N–H and O–H groups in total. The summed E-state index contributed by atoms with van der Waals surface area (Å²) in [7, 11) is 0. The molecule has 9 heteroatoms. The number of nitrogens with one attached hydrogen (secondary N) is 2. The number of carbonyl (C=O) groups is 1. The van der Waals surface area contributed by atoms with Crippen LogP contribution < -0.4 is 10.6 Å². The van der Waals surface area contributed by atoms with Gasteiger partial charge in [0.1, 0.15) is 5.52 Å². The van der Waals surface area contributed by atoms with Gasteiger partial charge in [0.15, 0.2) is 10.7 Å². The van der Waals surface area contributed by atoms with Gasteiger partial charge in [-0.1, -0.05) is 26.0 Å². The van der Waals surface area contributed by atoms with E-state index in [1.54, 1.807) is 6.07 Å². The van der Waals surface area contributed by atoms with Crippen LogP contribution in [-0.2, 0) is 0 Å². The van der Waals surface area contributed by atoms with Crippen molar-refractivity contribution in [3.05, 3.63) is 88.0 Å². The Hall–Kier alpha value is -4.11. The maximum atomic E-state index is 12.4. The summed E-state index contributed by atoms with van der Waals surface area (Å²) in [6, 6.07) is 18.6. The topological polar surface area (TPSA) is 110 Å². The van der Waals surface area contributed by atoms with Crippen LogP contribution >= 0.6 is 12.2 Å². The molecule has 1 aromatic heterocycles. The van der Waals surface area contributed by atoms with Crippen LogP contribution in [0.3, 0.4) is 0 Å². The third-order valence-corrected chi connectivity index (χ3v) is 5.22. The lowest BCUT2D eigenvalue weighted by Gasteiger charge is -2.10. The van der Waals surface area contributed by atoms with E-state index in [2.05, 4.69) is 29.5 Å². The van der Waals surface area contributed by atoms with Crippen LogP contribution in [0.25, 0.3) is 22.6 Å². The van der Waals surface area contributed by atoms with E-state index in [1.807, 2.05) is 36.4 Å². The summed E-state index contributed by atoms with van der Waals surface area (Å²) < 4.78 is 5.91. The van der Waals surface area contributed by atoms with Gasteiger partial charge in [-0.2, -0.15) is 0 Å². The minimum absolute atomic E-state index is 0.0923. The third kappa shape index (κ3) is 5.04. The molecular formula is C24H20N4O4S. The van der Waals surface area contributed by atoms with Gasteiger partial charge in [-0.15, -0.1) is 0 Å². The number of hydrogen-bond donors (Lipinski definition) is 2. The van der Waals surface area contributed by atoms with Gasteiger partial charge in [-0.3, -0.25) is 20.2 Å². The van der Waals surface area contributed by atoms with Gasteiger partial charge < -0.3 is 9.73 Å². The number of carbonyl (C=O) groups excluding carboxylic acids is 1. The first-order chi connectivity index (χ1) is 15.8. The van der Waals surface area contributed by atoms with Crippen molar-refractivity contribution in [1.82, 2.24) is 10.3 Å². The Balaban J connectivity index is 1.46. The van der Waals surface area contributed by atoms with Crippen LogP contribution in [0.5, 0.6) is 0 Å². The van der Waals surface area contributed by atoms with E-state index in [1.165, 1.54) is 29.8 Å². The fourth-order valence-corrected chi connectivity index (χ4v) is 3.44. The largest absolute Gasteiger partial charge is 0.436 e. The SMILES string of the molecule is CC(C)c1ccc2oc(-c3cccc(NC(=S)NC(=O)c4ccc([N+](=O)[O-])cc4)c3)nc2c1. The van der Waals surface area contributed by atoms with E-state index >= 15 is 0 Å². The molecule has 0 atom stereocenters. The van der Waals surface area contributed by atoms with Crippen LogP contribution in [0, 0.1) is 10.1 Å². The van der Waals surface area contributed by atoms with Gasteiger partial charge >= 0.3 is 0 Å². The van der Waals surface area contributed by atoms with Gasteiger partial charge in [0.25, 0.3) is 11.6 Å². The number of aromatic nitrogens is 1. The first-order valence-electron chi connectivity index (χ1n) is 10.2. The number of amides is 1. The summed E-state index contributed by atoms with van der Waals surface area (Å²) >= 11 is 5.24. The molecule has 0 spiro atoms. The summed E-state index contributed by atoms with van der Waals surface area (Å²) in [6.45, 7) is 4.25. The second-order valence-electron chi connectivity index (χ2n) is 7.69. The number of nitrogens with zero attached hydrogens (tertiary/aromatic N) is 2. The van der Waals surface area contributed by atoms with Gasteiger partial charge in [0.05, 0.1) is 4.92 Å². The minimum Gasteiger partial charge on any atom is -0.436 e. The third-order valence-electron chi connectivity index (χ3n) is 5.01. The molecule has 0 aliphatic rings. The lowest BCUT2D eigenvalue weighted by molar-refractivity contribution is -0.384. The van der Waals surface area contributed by atoms with Crippen LogP contribution in [0.15, 0.2) is 71.1 Å². The van der Waals surface area contributed by atoms with Crippen molar-refractivity contribution in [1.29, 1.82) is 0 Å². The number of oxazole rings is 1. The van der Waals surface area contributed by atoms with E-state index < -0.39 is 10.8 Å². The molecule has 0 aliphatic carbocycles. The second-order valence-corrected chi connectivity index (χ2v) is 8.10. The smallest absolute Gasteiger partial charge is 0.269 e. The normalized spacial score (nSPS) is 10.9. The summed E-state index contributed by atoms with van der Waals surface area (Å²) in [5.41, 5.74) is 4.25. The zero-order valence-corrected chi connectivity index (χ0v) is 18.7. The molecule has 8 nitrogen and oxygen atoms in total. The standard InChI is InChI=1S/C24H20N4O4S/c1-14(2)16-8-11-21-20(13-16)26-23(32-21)17-4-3-5-18(12-17)25-24(33)27-22(29)15-6-9-19(10-7-15)28(30)31/h3-14H,1-2H3,(H2,25,27,29,33). The second kappa shape index (κ2) is 9.17. The Morgan fingerprint density at radius 2 is 1.85 bits per heavy atom. The van der Waals surface area contributed by atoms with Crippen molar-refractivity contribution in [3.8, 4) is 11.5 Å². The molecule has 1 amide bonds.